The second-order valence-corrected chi connectivity index (χ2v) is 13.3. The van der Waals surface area contributed by atoms with Gasteiger partial charge in [-0.1, -0.05) is 90.5 Å². The molecule has 1 unspecified atom stereocenters. The molecule has 5 nitrogen and oxygen atoms in total. The monoisotopic (exact) mass is 573 g/mol. The van der Waals surface area contributed by atoms with Gasteiger partial charge in [0, 0.05) is 0 Å². The van der Waals surface area contributed by atoms with E-state index in [0.29, 0.717) is 16.7 Å². The molecule has 204 valence electrons. The highest BCUT2D eigenvalue weighted by atomic mass is 32.2. The third kappa shape index (κ3) is 7.46. The molecular weight excluding hydrogens is 546 g/mol. The zero-order chi connectivity index (χ0) is 28.1. The summed E-state index contributed by atoms with van der Waals surface area (Å²) in [4.78, 5) is -0.0156. The molecule has 0 spiro atoms. The summed E-state index contributed by atoms with van der Waals surface area (Å²) >= 11 is 0. The Morgan fingerprint density at radius 1 is 0.795 bits per heavy atom. The predicted molar refractivity (Wildman–Crippen MR) is 145 cm³/mol. The lowest BCUT2D eigenvalue weighted by Crippen LogP contribution is -2.29. The molecule has 0 aromatic heterocycles. The van der Waals surface area contributed by atoms with Crippen molar-refractivity contribution in [1.29, 1.82) is 0 Å². The van der Waals surface area contributed by atoms with E-state index in [4.69, 9.17) is 4.52 Å². The molecule has 0 saturated carbocycles. The van der Waals surface area contributed by atoms with Gasteiger partial charge < -0.3 is 4.52 Å². The van der Waals surface area contributed by atoms with Gasteiger partial charge in [-0.15, -0.1) is 0 Å². The number of hydrogen-bond acceptors (Lipinski definition) is 4. The molecule has 10 heteroatoms. The van der Waals surface area contributed by atoms with Crippen molar-refractivity contribution >= 4 is 17.4 Å². The maximum Gasteiger partial charge on any atom is 0.416 e. The van der Waals surface area contributed by atoms with Gasteiger partial charge in [-0.3, -0.25) is 4.57 Å². The summed E-state index contributed by atoms with van der Waals surface area (Å²) in [5, 5.41) is 0. The van der Waals surface area contributed by atoms with Gasteiger partial charge in [0.1, 0.15) is 5.78 Å². The van der Waals surface area contributed by atoms with Gasteiger partial charge in [0.15, 0.2) is 0 Å². The van der Waals surface area contributed by atoms with E-state index < -0.39 is 34.9 Å². The lowest BCUT2D eigenvalue weighted by atomic mass is 10.1. The molecule has 0 heterocycles. The van der Waals surface area contributed by atoms with E-state index in [1.807, 2.05) is 13.0 Å². The van der Waals surface area contributed by atoms with Crippen molar-refractivity contribution in [2.45, 2.75) is 36.5 Å². The third-order valence-electron chi connectivity index (χ3n) is 6.08. The Balaban J connectivity index is 1.76. The van der Waals surface area contributed by atoms with Crippen LogP contribution in [-0.2, 0) is 38.1 Å². The first-order valence-electron chi connectivity index (χ1n) is 12.0. The summed E-state index contributed by atoms with van der Waals surface area (Å²) in [6, 6.07) is 27.8. The van der Waals surface area contributed by atoms with E-state index >= 15 is 0 Å². The van der Waals surface area contributed by atoms with Gasteiger partial charge in [-0.2, -0.15) is 17.9 Å². The van der Waals surface area contributed by atoms with E-state index in [1.54, 1.807) is 66.7 Å². The Bertz CT molecular complexity index is 1530. The number of hydrogen-bond donors (Lipinski definition) is 1. The number of benzene rings is 4. The number of nitrogens with one attached hydrogen (secondary N) is 1. The van der Waals surface area contributed by atoms with Crippen LogP contribution in [-0.4, -0.2) is 8.42 Å². The molecule has 0 amide bonds. The largest absolute Gasteiger partial charge is 0.416 e. The highest BCUT2D eigenvalue weighted by Gasteiger charge is 2.39. The van der Waals surface area contributed by atoms with Gasteiger partial charge in [0.25, 0.3) is 0 Å². The molecule has 2 atom stereocenters. The Hall–Kier alpha value is -3.23. The zero-order valence-electron chi connectivity index (χ0n) is 21.0. The molecule has 39 heavy (non-hydrogen) atoms. The van der Waals surface area contributed by atoms with Crippen LogP contribution in [0.5, 0.6) is 0 Å². The van der Waals surface area contributed by atoms with Gasteiger partial charge in [-0.25, -0.2) is 8.42 Å². The Labute approximate surface area is 226 Å². The molecule has 0 aliphatic rings. The van der Waals surface area contributed by atoms with Gasteiger partial charge in [0.2, 0.25) is 17.4 Å². The summed E-state index contributed by atoms with van der Waals surface area (Å²) in [5.41, 5.74) is 1.45. The van der Waals surface area contributed by atoms with Crippen LogP contribution in [0.15, 0.2) is 114 Å². The van der Waals surface area contributed by atoms with Crippen molar-refractivity contribution in [3.05, 3.63) is 137 Å². The number of aryl methyl sites for hydroxylation is 1. The summed E-state index contributed by atoms with van der Waals surface area (Å²) in [7, 11) is -8.15. The fourth-order valence-corrected chi connectivity index (χ4v) is 8.22. The Morgan fingerprint density at radius 2 is 1.36 bits per heavy atom. The van der Waals surface area contributed by atoms with Crippen molar-refractivity contribution in [3.8, 4) is 0 Å². The quantitative estimate of drug-likeness (QED) is 0.198. The molecule has 0 aliphatic heterocycles. The average molecular weight is 574 g/mol. The van der Waals surface area contributed by atoms with Crippen molar-refractivity contribution in [3.63, 3.8) is 0 Å². The van der Waals surface area contributed by atoms with Crippen LogP contribution in [0.1, 0.15) is 33.6 Å². The predicted octanol–water partition coefficient (Wildman–Crippen LogP) is 7.69. The SMILES string of the molecule is Cc1ccc(S(=O)(=O)N[C@@H](c2ccccc2)P(=O)(Cc2ccc(C(F)(F)F)cc2)OCc2ccccc2)cc1. The Morgan fingerprint density at radius 3 is 1.92 bits per heavy atom. The molecule has 0 saturated heterocycles. The van der Waals surface area contributed by atoms with Gasteiger partial charge in [-0.05, 0) is 47.9 Å². The maximum absolute atomic E-state index is 14.7. The minimum absolute atomic E-state index is 0.0156. The van der Waals surface area contributed by atoms with Crippen LogP contribution >= 0.6 is 7.37 Å². The normalized spacial score (nSPS) is 14.5. The fourth-order valence-electron chi connectivity index (χ4n) is 3.97. The van der Waals surface area contributed by atoms with Gasteiger partial charge >= 0.3 is 6.18 Å². The second-order valence-electron chi connectivity index (χ2n) is 9.09. The van der Waals surface area contributed by atoms with E-state index in [9.17, 15) is 26.2 Å². The maximum atomic E-state index is 14.7. The lowest BCUT2D eigenvalue weighted by molar-refractivity contribution is -0.137. The van der Waals surface area contributed by atoms with Crippen molar-refractivity contribution in [2.24, 2.45) is 0 Å². The van der Waals surface area contributed by atoms with Crippen LogP contribution in [0, 0.1) is 6.92 Å². The average Bonchev–Trinajstić information content (AvgIpc) is 2.92. The summed E-state index contributed by atoms with van der Waals surface area (Å²) in [5.74, 6) is -1.31. The molecule has 4 aromatic rings. The molecule has 0 aliphatic carbocycles. The zero-order valence-corrected chi connectivity index (χ0v) is 22.7. The minimum atomic E-state index is -4.53. The fraction of sp³-hybridized carbons (Fsp3) is 0.172. The minimum Gasteiger partial charge on any atom is -0.322 e. The van der Waals surface area contributed by atoms with E-state index in [2.05, 4.69) is 4.72 Å². The summed E-state index contributed by atoms with van der Waals surface area (Å²) in [6.07, 6.45) is -4.82. The number of halogens is 3. The van der Waals surface area contributed by atoms with Crippen LogP contribution in [0.3, 0.4) is 0 Å². The molecule has 0 fully saturated rings. The van der Waals surface area contributed by atoms with Crippen LogP contribution in [0.2, 0.25) is 0 Å². The second kappa shape index (κ2) is 11.9. The smallest absolute Gasteiger partial charge is 0.322 e. The lowest BCUT2D eigenvalue weighted by Gasteiger charge is -2.29. The summed E-state index contributed by atoms with van der Waals surface area (Å²) < 4.78 is 89.6. The summed E-state index contributed by atoms with van der Waals surface area (Å²) in [6.45, 7) is 1.74. The van der Waals surface area contributed by atoms with E-state index in [0.717, 1.165) is 17.7 Å². The number of rotatable bonds is 10. The topological polar surface area (TPSA) is 72.5 Å². The molecule has 0 radical (unpaired) electrons. The molecule has 1 N–H and O–H groups in total. The van der Waals surface area contributed by atoms with Crippen LogP contribution < -0.4 is 4.72 Å². The van der Waals surface area contributed by atoms with E-state index in [1.165, 1.54) is 24.3 Å². The van der Waals surface area contributed by atoms with E-state index in [-0.39, 0.29) is 17.7 Å². The van der Waals surface area contributed by atoms with Gasteiger partial charge in [0.05, 0.1) is 23.2 Å². The van der Waals surface area contributed by atoms with Crippen molar-refractivity contribution < 1.29 is 30.7 Å². The first-order valence-corrected chi connectivity index (χ1v) is 15.4. The first kappa shape index (κ1) is 28.8. The number of sulfonamides is 1. The van der Waals surface area contributed by atoms with Crippen LogP contribution in [0.4, 0.5) is 13.2 Å². The third-order valence-corrected chi connectivity index (χ3v) is 10.3. The number of alkyl halides is 3. The van der Waals surface area contributed by atoms with Crippen LogP contribution in [0.25, 0.3) is 0 Å². The standard InChI is InChI=1S/C29H27F3NO4PS/c1-22-12-18-27(19-13-22)39(35,36)33-28(25-10-6-3-7-11-25)38(34,37-20-23-8-4-2-5-9-23)21-24-14-16-26(17-15-24)29(30,31)32/h2-19,28,33H,20-21H2,1H3/t28-,38?/m1/s1. The van der Waals surface area contributed by atoms with Crippen molar-refractivity contribution in [1.82, 2.24) is 4.72 Å². The first-order chi connectivity index (χ1) is 18.5. The molecule has 0 bridgehead atoms. The highest BCUT2D eigenvalue weighted by Crippen LogP contribution is 2.62. The molecule has 4 rings (SSSR count). The Kier molecular flexibility index (Phi) is 8.76. The van der Waals surface area contributed by atoms with Crippen molar-refractivity contribution in [2.75, 3.05) is 0 Å². The molecular formula is C29H27F3NO4PS. The highest BCUT2D eigenvalue weighted by molar-refractivity contribution is 7.89. The molecule has 4 aromatic carbocycles.